The summed E-state index contributed by atoms with van der Waals surface area (Å²) in [6, 6.07) is 0.766. The third kappa shape index (κ3) is 4.78. The third-order valence-corrected chi connectivity index (χ3v) is 5.02. The molecule has 100 valence electrons. The van der Waals surface area contributed by atoms with Gasteiger partial charge in [-0.05, 0) is 25.5 Å². The molecule has 0 radical (unpaired) electrons. The van der Waals surface area contributed by atoms with Crippen LogP contribution in [-0.4, -0.2) is 61.8 Å². The van der Waals surface area contributed by atoms with E-state index in [1.54, 1.807) is 0 Å². The lowest BCUT2D eigenvalue weighted by atomic mass is 9.95. The summed E-state index contributed by atoms with van der Waals surface area (Å²) < 4.78 is 5.36. The molecular formula is C13H26N2OS. The first-order valence-corrected chi connectivity index (χ1v) is 8.23. The summed E-state index contributed by atoms with van der Waals surface area (Å²) in [5, 5.41) is 4.63. The fraction of sp³-hybridized carbons (Fsp3) is 1.00. The first-order chi connectivity index (χ1) is 8.38. The van der Waals surface area contributed by atoms with Crippen molar-refractivity contribution in [1.29, 1.82) is 0 Å². The van der Waals surface area contributed by atoms with Crippen molar-refractivity contribution in [2.24, 2.45) is 0 Å². The third-order valence-electron chi connectivity index (χ3n) is 3.92. The molecule has 0 spiro atoms. The predicted molar refractivity (Wildman–Crippen MR) is 74.8 cm³/mol. The number of rotatable bonds is 5. The molecule has 2 aliphatic rings. The van der Waals surface area contributed by atoms with Crippen molar-refractivity contribution in [3.63, 3.8) is 0 Å². The Hall–Kier alpha value is 0.230. The maximum Gasteiger partial charge on any atom is 0.0594 e. The van der Waals surface area contributed by atoms with Gasteiger partial charge in [0.05, 0.1) is 13.2 Å². The molecule has 1 aliphatic heterocycles. The molecule has 0 aromatic rings. The fourth-order valence-corrected chi connectivity index (χ4v) is 3.62. The van der Waals surface area contributed by atoms with Crippen LogP contribution in [0.5, 0.6) is 0 Å². The minimum atomic E-state index is 0.766. The van der Waals surface area contributed by atoms with E-state index in [1.165, 1.54) is 32.2 Å². The van der Waals surface area contributed by atoms with Gasteiger partial charge in [0.1, 0.15) is 0 Å². The summed E-state index contributed by atoms with van der Waals surface area (Å²) in [7, 11) is 0. The summed E-state index contributed by atoms with van der Waals surface area (Å²) >= 11 is 2.04. The van der Waals surface area contributed by atoms with E-state index in [9.17, 15) is 0 Å². The van der Waals surface area contributed by atoms with Crippen molar-refractivity contribution in [1.82, 2.24) is 10.2 Å². The topological polar surface area (TPSA) is 24.5 Å². The van der Waals surface area contributed by atoms with Crippen LogP contribution in [0.3, 0.4) is 0 Å². The molecule has 17 heavy (non-hydrogen) atoms. The minimum absolute atomic E-state index is 0.766. The highest BCUT2D eigenvalue weighted by atomic mass is 32.2. The van der Waals surface area contributed by atoms with Crippen LogP contribution in [0.4, 0.5) is 0 Å². The van der Waals surface area contributed by atoms with Gasteiger partial charge in [-0.1, -0.05) is 6.42 Å². The first kappa shape index (κ1) is 13.7. The number of ether oxygens (including phenoxy) is 1. The van der Waals surface area contributed by atoms with Crippen LogP contribution in [0.1, 0.15) is 25.7 Å². The second kappa shape index (κ2) is 7.62. The highest BCUT2D eigenvalue weighted by Gasteiger charge is 2.20. The molecule has 2 rings (SSSR count). The van der Waals surface area contributed by atoms with Gasteiger partial charge in [0.15, 0.2) is 0 Å². The molecule has 0 aromatic heterocycles. The summed E-state index contributed by atoms with van der Waals surface area (Å²) in [5.41, 5.74) is 0. The van der Waals surface area contributed by atoms with Gasteiger partial charge >= 0.3 is 0 Å². The normalized spacial score (nSPS) is 31.6. The monoisotopic (exact) mass is 258 g/mol. The molecule has 3 nitrogen and oxygen atoms in total. The van der Waals surface area contributed by atoms with Crippen molar-refractivity contribution in [2.75, 3.05) is 45.6 Å². The lowest BCUT2D eigenvalue weighted by molar-refractivity contribution is 0.0380. The van der Waals surface area contributed by atoms with E-state index in [2.05, 4.69) is 16.5 Å². The van der Waals surface area contributed by atoms with Crippen LogP contribution < -0.4 is 5.32 Å². The van der Waals surface area contributed by atoms with Crippen LogP contribution in [0, 0.1) is 0 Å². The molecule has 1 heterocycles. The average molecular weight is 258 g/mol. The molecule has 0 aromatic carbocycles. The molecular weight excluding hydrogens is 232 g/mol. The van der Waals surface area contributed by atoms with E-state index in [1.807, 2.05) is 11.8 Å². The number of hydrogen-bond donors (Lipinski definition) is 1. The number of thioether (sulfide) groups is 1. The molecule has 2 atom stereocenters. The van der Waals surface area contributed by atoms with Gasteiger partial charge in [0, 0.05) is 37.5 Å². The van der Waals surface area contributed by atoms with E-state index in [0.717, 1.165) is 44.1 Å². The Kier molecular flexibility index (Phi) is 6.12. The predicted octanol–water partition coefficient (Wildman–Crippen LogP) is 1.58. The van der Waals surface area contributed by atoms with Crippen molar-refractivity contribution >= 4 is 11.8 Å². The van der Waals surface area contributed by atoms with Crippen molar-refractivity contribution in [2.45, 2.75) is 37.0 Å². The molecule has 4 heteroatoms. The lowest BCUT2D eigenvalue weighted by Gasteiger charge is -2.31. The minimum Gasteiger partial charge on any atom is -0.379 e. The Morgan fingerprint density at radius 2 is 2.12 bits per heavy atom. The van der Waals surface area contributed by atoms with Crippen molar-refractivity contribution < 1.29 is 4.74 Å². The zero-order valence-electron chi connectivity index (χ0n) is 11.0. The van der Waals surface area contributed by atoms with Gasteiger partial charge in [-0.15, -0.1) is 0 Å². The average Bonchev–Trinajstić information content (AvgIpc) is 2.40. The van der Waals surface area contributed by atoms with E-state index < -0.39 is 0 Å². The standard InChI is InChI=1S/C13H26N2OS/c1-17-13-4-2-3-12(11-13)14-5-6-15-7-9-16-10-8-15/h12-14H,2-11H2,1H3. The molecule has 1 N–H and O–H groups in total. The van der Waals surface area contributed by atoms with Gasteiger partial charge in [0.2, 0.25) is 0 Å². The maximum atomic E-state index is 5.36. The quantitative estimate of drug-likeness (QED) is 0.809. The molecule has 0 bridgehead atoms. The first-order valence-electron chi connectivity index (χ1n) is 6.95. The van der Waals surface area contributed by atoms with Gasteiger partial charge < -0.3 is 10.1 Å². The van der Waals surface area contributed by atoms with Crippen LogP contribution in [0.25, 0.3) is 0 Å². The number of nitrogens with one attached hydrogen (secondary N) is 1. The SMILES string of the molecule is CSC1CCCC(NCCN2CCOCC2)C1. The zero-order chi connectivity index (χ0) is 11.9. The van der Waals surface area contributed by atoms with E-state index in [-0.39, 0.29) is 0 Å². The zero-order valence-corrected chi connectivity index (χ0v) is 11.8. The van der Waals surface area contributed by atoms with Gasteiger partial charge in [0.25, 0.3) is 0 Å². The maximum absolute atomic E-state index is 5.36. The smallest absolute Gasteiger partial charge is 0.0594 e. The Bertz CT molecular complexity index is 210. The van der Waals surface area contributed by atoms with Crippen LogP contribution in [0.15, 0.2) is 0 Å². The Labute approximate surface area is 110 Å². The van der Waals surface area contributed by atoms with Crippen molar-refractivity contribution in [3.05, 3.63) is 0 Å². The molecule has 2 fully saturated rings. The van der Waals surface area contributed by atoms with Crippen LogP contribution in [0.2, 0.25) is 0 Å². The largest absolute Gasteiger partial charge is 0.379 e. The lowest BCUT2D eigenvalue weighted by Crippen LogP contribution is -2.43. The highest BCUT2D eigenvalue weighted by molar-refractivity contribution is 7.99. The Morgan fingerprint density at radius 1 is 1.29 bits per heavy atom. The van der Waals surface area contributed by atoms with Gasteiger partial charge in [-0.25, -0.2) is 0 Å². The molecule has 0 amide bonds. The second-order valence-electron chi connectivity index (χ2n) is 5.13. The Balaban J connectivity index is 1.57. The number of morpholine rings is 1. The highest BCUT2D eigenvalue weighted by Crippen LogP contribution is 2.26. The van der Waals surface area contributed by atoms with Crippen LogP contribution in [-0.2, 0) is 4.74 Å². The molecule has 1 saturated carbocycles. The second-order valence-corrected chi connectivity index (χ2v) is 6.27. The van der Waals surface area contributed by atoms with Crippen molar-refractivity contribution in [3.8, 4) is 0 Å². The Morgan fingerprint density at radius 3 is 2.88 bits per heavy atom. The van der Waals surface area contributed by atoms with Gasteiger partial charge in [-0.2, -0.15) is 11.8 Å². The molecule has 1 saturated heterocycles. The summed E-state index contributed by atoms with van der Waals surface area (Å²) in [6.45, 7) is 6.38. The van der Waals surface area contributed by atoms with Gasteiger partial charge in [-0.3, -0.25) is 4.90 Å². The summed E-state index contributed by atoms with van der Waals surface area (Å²) in [4.78, 5) is 2.51. The molecule has 1 aliphatic carbocycles. The number of hydrogen-bond acceptors (Lipinski definition) is 4. The van der Waals surface area contributed by atoms with E-state index in [4.69, 9.17) is 4.74 Å². The summed E-state index contributed by atoms with van der Waals surface area (Å²) in [6.07, 6.45) is 7.81. The summed E-state index contributed by atoms with van der Waals surface area (Å²) in [5.74, 6) is 0. The van der Waals surface area contributed by atoms with E-state index >= 15 is 0 Å². The van der Waals surface area contributed by atoms with Crippen LogP contribution >= 0.6 is 11.8 Å². The fourth-order valence-electron chi connectivity index (χ4n) is 2.80. The number of nitrogens with zero attached hydrogens (tertiary/aromatic N) is 1. The van der Waals surface area contributed by atoms with E-state index in [0.29, 0.717) is 0 Å². The molecule has 2 unspecified atom stereocenters.